The van der Waals surface area contributed by atoms with Gasteiger partial charge in [0.05, 0.1) is 16.8 Å². The van der Waals surface area contributed by atoms with Crippen molar-refractivity contribution in [2.45, 2.75) is 18.8 Å². The summed E-state index contributed by atoms with van der Waals surface area (Å²) in [4.78, 5) is 16.8. The lowest BCUT2D eigenvalue weighted by atomic mass is 9.65. The van der Waals surface area contributed by atoms with E-state index in [0.29, 0.717) is 22.4 Å². The molecule has 43 heavy (non-hydrogen) atoms. The molecular weight excluding hydrogens is 545 g/mol. The van der Waals surface area contributed by atoms with Crippen LogP contribution in [0.1, 0.15) is 56.4 Å². The number of hydrogen-bond donors (Lipinski definition) is 1. The lowest BCUT2D eigenvalue weighted by Crippen LogP contribution is -2.35. The highest BCUT2D eigenvalue weighted by Crippen LogP contribution is 2.63. The van der Waals surface area contributed by atoms with Crippen LogP contribution in [0.25, 0.3) is 12.2 Å². The highest BCUT2D eigenvalue weighted by atomic mass is 32.1. The lowest BCUT2D eigenvalue weighted by Gasteiger charge is -2.43. The molecule has 1 N–H and O–H groups in total. The van der Waals surface area contributed by atoms with Gasteiger partial charge in [0.25, 0.3) is 0 Å². The summed E-state index contributed by atoms with van der Waals surface area (Å²) < 4.78 is 0. The molecule has 0 saturated heterocycles. The molecule has 1 spiro atoms. The Labute approximate surface area is 255 Å². The van der Waals surface area contributed by atoms with E-state index < -0.39 is 5.41 Å². The second-order valence-corrected chi connectivity index (χ2v) is 12.2. The van der Waals surface area contributed by atoms with Gasteiger partial charge in [0.1, 0.15) is 5.00 Å². The predicted molar refractivity (Wildman–Crippen MR) is 178 cm³/mol. The molecule has 1 aromatic heterocycles. The molecule has 2 heterocycles. The number of anilines is 3. The fraction of sp³-hybridized carbons (Fsp3) is 0.0769. The van der Waals surface area contributed by atoms with Crippen molar-refractivity contribution in [3.63, 3.8) is 0 Å². The zero-order chi connectivity index (χ0) is 29.1. The monoisotopic (exact) mass is 572 g/mol. The first-order valence-electron chi connectivity index (χ1n) is 14.6. The van der Waals surface area contributed by atoms with Gasteiger partial charge in [-0.2, -0.15) is 0 Å². The van der Waals surface area contributed by atoms with Gasteiger partial charge in [0.15, 0.2) is 5.78 Å². The Morgan fingerprint density at radius 1 is 0.814 bits per heavy atom. The minimum Gasteiger partial charge on any atom is -0.301 e. The topological polar surface area (TPSA) is 44.2 Å². The summed E-state index contributed by atoms with van der Waals surface area (Å²) in [5.74, 6) is -0.0810. The van der Waals surface area contributed by atoms with Crippen molar-refractivity contribution in [3.8, 4) is 0 Å². The van der Waals surface area contributed by atoms with Crippen molar-refractivity contribution < 1.29 is 4.79 Å². The van der Waals surface area contributed by atoms with E-state index in [4.69, 9.17) is 5.41 Å². The average Bonchev–Trinajstić information content (AvgIpc) is 3.69. The Morgan fingerprint density at radius 3 is 2.30 bits per heavy atom. The van der Waals surface area contributed by atoms with Crippen LogP contribution in [0.3, 0.4) is 0 Å². The Bertz CT molecular complexity index is 2020. The number of hydrogen-bond acceptors (Lipinski definition) is 4. The van der Waals surface area contributed by atoms with E-state index in [1.165, 1.54) is 27.8 Å². The highest BCUT2D eigenvalue weighted by molar-refractivity contribution is 7.17. The van der Waals surface area contributed by atoms with E-state index in [2.05, 4.69) is 109 Å². The van der Waals surface area contributed by atoms with Crippen LogP contribution in [0.2, 0.25) is 0 Å². The van der Waals surface area contributed by atoms with Crippen LogP contribution in [0.15, 0.2) is 132 Å². The Kier molecular flexibility index (Phi) is 5.82. The molecule has 8 rings (SSSR count). The van der Waals surface area contributed by atoms with Crippen LogP contribution in [0.4, 0.5) is 16.4 Å². The number of para-hydroxylation sites is 2. The van der Waals surface area contributed by atoms with E-state index in [0.717, 1.165) is 27.7 Å². The number of Topliss-reactive ketones (excluding diaryl/α,β-unsaturated/α-hetero) is 1. The van der Waals surface area contributed by atoms with E-state index in [-0.39, 0.29) is 5.78 Å². The van der Waals surface area contributed by atoms with Crippen molar-refractivity contribution in [1.29, 1.82) is 5.41 Å². The largest absolute Gasteiger partial charge is 0.301 e. The average molecular weight is 573 g/mol. The summed E-state index contributed by atoms with van der Waals surface area (Å²) in [6, 6.07) is 37.7. The van der Waals surface area contributed by atoms with Gasteiger partial charge in [-0.15, -0.1) is 11.3 Å². The van der Waals surface area contributed by atoms with Crippen LogP contribution in [0.5, 0.6) is 0 Å². The molecule has 0 fully saturated rings. The van der Waals surface area contributed by atoms with Crippen LogP contribution in [0, 0.1) is 5.41 Å². The standard InChI is InChI=1S/C39H28N2OS/c1-2-3-14-26-22-25-13-7-10-19-32(25)39(26)33-20-11-12-21-35(33)41(27-15-5-4-6-16-27)38-34(39)24-28(43-38)23-31-36(40)29-17-8-9-18-30(29)37(31)42/h3-24,40H,2H2,1H3/b14-3-,31-23+,40-36?. The number of rotatable bonds is 4. The van der Waals surface area contributed by atoms with Crippen LogP contribution in [-0.4, -0.2) is 11.5 Å². The van der Waals surface area contributed by atoms with Crippen molar-refractivity contribution in [3.05, 3.63) is 171 Å². The molecular formula is C39H28N2OS. The zero-order valence-electron chi connectivity index (χ0n) is 23.7. The van der Waals surface area contributed by atoms with Gasteiger partial charge in [-0.1, -0.05) is 104 Å². The molecule has 0 saturated carbocycles. The van der Waals surface area contributed by atoms with Gasteiger partial charge < -0.3 is 4.90 Å². The highest BCUT2D eigenvalue weighted by Gasteiger charge is 2.51. The van der Waals surface area contributed by atoms with E-state index in [9.17, 15) is 4.79 Å². The number of nitrogens with zero attached hydrogens (tertiary/aromatic N) is 1. The Hall–Kier alpha value is -5.06. The molecule has 1 aliphatic heterocycles. The number of nitrogens with one attached hydrogen (secondary N) is 1. The Morgan fingerprint density at radius 2 is 1.51 bits per heavy atom. The molecule has 1 unspecified atom stereocenters. The second kappa shape index (κ2) is 9.75. The third-order valence-electron chi connectivity index (χ3n) is 8.79. The molecule has 0 radical (unpaired) electrons. The van der Waals surface area contributed by atoms with Crippen molar-refractivity contribution in [1.82, 2.24) is 0 Å². The van der Waals surface area contributed by atoms with Crippen molar-refractivity contribution in [2.75, 3.05) is 4.90 Å². The summed E-state index contributed by atoms with van der Waals surface area (Å²) >= 11 is 1.68. The maximum atomic E-state index is 13.5. The molecule has 1 atom stereocenters. The summed E-state index contributed by atoms with van der Waals surface area (Å²) in [5, 5.41) is 9.99. The normalized spacial score (nSPS) is 19.1. The zero-order valence-corrected chi connectivity index (χ0v) is 24.5. The quantitative estimate of drug-likeness (QED) is 0.218. The number of carbonyl (C=O) groups excluding carboxylic acids is 1. The molecule has 0 amide bonds. The third-order valence-corrected chi connectivity index (χ3v) is 9.85. The lowest BCUT2D eigenvalue weighted by molar-refractivity contribution is 0.104. The fourth-order valence-corrected chi connectivity index (χ4v) is 8.17. The van der Waals surface area contributed by atoms with Crippen LogP contribution >= 0.6 is 11.3 Å². The molecule has 3 nitrogen and oxygen atoms in total. The Balaban J connectivity index is 1.43. The fourth-order valence-electron chi connectivity index (χ4n) is 6.98. The SMILES string of the molecule is CC/C=C\C1=Cc2ccccc2C12c1ccccc1N(c1ccccc1)c1sc(/C=C3\C(=N)c4ccccc4C3=O)cc12. The molecule has 0 bridgehead atoms. The van der Waals surface area contributed by atoms with Gasteiger partial charge in [-0.25, -0.2) is 0 Å². The summed E-state index contributed by atoms with van der Waals surface area (Å²) in [6.07, 6.45) is 9.75. The molecule has 206 valence electrons. The minimum absolute atomic E-state index is 0.0810. The number of allylic oxidation sites excluding steroid dienone is 4. The summed E-state index contributed by atoms with van der Waals surface area (Å²) in [6.45, 7) is 2.17. The third kappa shape index (κ3) is 3.60. The summed E-state index contributed by atoms with van der Waals surface area (Å²) in [5.41, 5.74) is 9.93. The van der Waals surface area contributed by atoms with Crippen molar-refractivity contribution in [2.24, 2.45) is 0 Å². The summed E-state index contributed by atoms with van der Waals surface area (Å²) in [7, 11) is 0. The number of fused-ring (bicyclic) bond motifs is 7. The van der Waals surface area contributed by atoms with Gasteiger partial charge in [-0.3, -0.25) is 10.2 Å². The molecule has 4 heteroatoms. The number of benzene rings is 4. The second-order valence-electron chi connectivity index (χ2n) is 11.1. The number of carbonyl (C=O) groups is 1. The maximum Gasteiger partial charge on any atom is 0.195 e. The van der Waals surface area contributed by atoms with E-state index >= 15 is 0 Å². The van der Waals surface area contributed by atoms with Gasteiger partial charge in [0, 0.05) is 32.8 Å². The van der Waals surface area contributed by atoms with Crippen molar-refractivity contribution >= 4 is 51.4 Å². The first-order valence-corrected chi connectivity index (χ1v) is 15.5. The molecule has 5 aromatic rings. The molecule has 4 aromatic carbocycles. The number of ketones is 1. The van der Waals surface area contributed by atoms with Gasteiger partial charge in [-0.05, 0) is 65.1 Å². The van der Waals surface area contributed by atoms with E-state index in [1.807, 2.05) is 36.4 Å². The maximum absolute atomic E-state index is 13.5. The first-order chi connectivity index (χ1) is 21.1. The first kappa shape index (κ1) is 25.6. The van der Waals surface area contributed by atoms with Gasteiger partial charge >= 0.3 is 0 Å². The van der Waals surface area contributed by atoms with Crippen LogP contribution < -0.4 is 4.90 Å². The smallest absolute Gasteiger partial charge is 0.195 e. The van der Waals surface area contributed by atoms with Crippen LogP contribution in [-0.2, 0) is 5.41 Å². The van der Waals surface area contributed by atoms with E-state index in [1.54, 1.807) is 11.3 Å². The van der Waals surface area contributed by atoms with Gasteiger partial charge in [0.2, 0.25) is 0 Å². The number of thiophene rings is 1. The molecule has 3 aliphatic rings. The predicted octanol–water partition coefficient (Wildman–Crippen LogP) is 9.88. The minimum atomic E-state index is -0.511. The molecule has 2 aliphatic carbocycles.